The third-order valence-electron chi connectivity index (χ3n) is 4.90. The Morgan fingerprint density at radius 2 is 1.38 bits per heavy atom. The summed E-state index contributed by atoms with van der Waals surface area (Å²) >= 11 is 1.60. The van der Waals surface area contributed by atoms with Crippen LogP contribution in [0, 0.1) is 20.8 Å². The molecule has 0 unspecified atom stereocenters. The van der Waals surface area contributed by atoms with Crippen molar-refractivity contribution < 1.29 is 9.59 Å². The molecule has 166 valence electrons. The monoisotopic (exact) mass is 447 g/mol. The number of hydrogen-bond acceptors (Lipinski definition) is 4. The van der Waals surface area contributed by atoms with Gasteiger partial charge in [-0.2, -0.15) is 0 Å². The van der Waals surface area contributed by atoms with Crippen LogP contribution in [0.25, 0.3) is 0 Å². The minimum atomic E-state index is -0.163. The summed E-state index contributed by atoms with van der Waals surface area (Å²) in [6.07, 6.45) is 0. The van der Waals surface area contributed by atoms with Gasteiger partial charge in [0.2, 0.25) is 11.8 Å². The van der Waals surface area contributed by atoms with Crippen LogP contribution in [0.2, 0.25) is 0 Å². The quantitative estimate of drug-likeness (QED) is 0.494. The van der Waals surface area contributed by atoms with Crippen molar-refractivity contribution in [2.75, 3.05) is 30.8 Å². The van der Waals surface area contributed by atoms with E-state index in [0.717, 1.165) is 37.9 Å². The zero-order chi connectivity index (χ0) is 23.1. The molecular weight excluding hydrogens is 418 g/mol. The predicted molar refractivity (Wildman–Crippen MR) is 132 cm³/mol. The van der Waals surface area contributed by atoms with Crippen molar-refractivity contribution in [1.82, 2.24) is 4.90 Å². The van der Waals surface area contributed by atoms with Crippen LogP contribution >= 0.6 is 11.8 Å². The Bertz CT molecular complexity index is 1080. The highest BCUT2D eigenvalue weighted by molar-refractivity contribution is 7.99. The van der Waals surface area contributed by atoms with E-state index in [4.69, 9.17) is 0 Å². The van der Waals surface area contributed by atoms with E-state index in [1.54, 1.807) is 23.7 Å². The van der Waals surface area contributed by atoms with E-state index in [9.17, 15) is 9.59 Å². The highest BCUT2D eigenvalue weighted by Gasteiger charge is 2.14. The molecule has 5 nitrogen and oxygen atoms in total. The molecule has 0 fully saturated rings. The maximum atomic E-state index is 12.6. The Labute approximate surface area is 194 Å². The molecule has 3 aromatic rings. The van der Waals surface area contributed by atoms with Gasteiger partial charge in [-0.05, 0) is 63.2 Å². The fraction of sp³-hybridized carbons (Fsp3) is 0.231. The van der Waals surface area contributed by atoms with Crippen molar-refractivity contribution in [1.29, 1.82) is 0 Å². The smallest absolute Gasteiger partial charge is 0.238 e. The summed E-state index contributed by atoms with van der Waals surface area (Å²) in [4.78, 5) is 28.9. The van der Waals surface area contributed by atoms with Crippen molar-refractivity contribution in [3.63, 3.8) is 0 Å². The first-order valence-electron chi connectivity index (χ1n) is 10.5. The summed E-state index contributed by atoms with van der Waals surface area (Å²) in [6, 6.07) is 21.8. The zero-order valence-electron chi connectivity index (χ0n) is 18.9. The fourth-order valence-electron chi connectivity index (χ4n) is 3.57. The number of carbonyl (C=O) groups excluding carboxylic acids is 2. The Kier molecular flexibility index (Phi) is 8.09. The molecule has 0 heterocycles. The van der Waals surface area contributed by atoms with E-state index >= 15 is 0 Å². The molecule has 6 heteroatoms. The molecule has 0 saturated heterocycles. The highest BCUT2D eigenvalue weighted by Crippen LogP contribution is 2.33. The van der Waals surface area contributed by atoms with Crippen LogP contribution in [-0.4, -0.2) is 36.9 Å². The van der Waals surface area contributed by atoms with Crippen LogP contribution in [0.5, 0.6) is 0 Å². The normalized spacial score (nSPS) is 10.8. The van der Waals surface area contributed by atoms with Crippen LogP contribution in [-0.2, 0) is 9.59 Å². The lowest BCUT2D eigenvalue weighted by molar-refractivity contribution is -0.119. The number of likely N-dealkylation sites (N-methyl/N-ethyl adjacent to an activating group) is 1. The van der Waals surface area contributed by atoms with E-state index in [1.165, 1.54) is 0 Å². The average Bonchev–Trinajstić information content (AvgIpc) is 2.72. The minimum Gasteiger partial charge on any atom is -0.324 e. The lowest BCUT2D eigenvalue weighted by Gasteiger charge is -2.18. The topological polar surface area (TPSA) is 61.4 Å². The third-order valence-corrected chi connectivity index (χ3v) is 5.98. The van der Waals surface area contributed by atoms with Gasteiger partial charge in [-0.3, -0.25) is 14.5 Å². The Morgan fingerprint density at radius 1 is 0.812 bits per heavy atom. The zero-order valence-corrected chi connectivity index (χ0v) is 19.8. The van der Waals surface area contributed by atoms with Crippen molar-refractivity contribution in [2.24, 2.45) is 0 Å². The molecule has 0 aliphatic heterocycles. The molecule has 0 radical (unpaired) electrons. The average molecular weight is 448 g/mol. The number of rotatable bonds is 8. The first kappa shape index (κ1) is 23.6. The first-order chi connectivity index (χ1) is 15.3. The van der Waals surface area contributed by atoms with E-state index < -0.39 is 0 Å². The molecule has 2 N–H and O–H groups in total. The summed E-state index contributed by atoms with van der Waals surface area (Å²) in [7, 11) is 1.76. The molecule has 32 heavy (non-hydrogen) atoms. The van der Waals surface area contributed by atoms with Gasteiger partial charge in [0.1, 0.15) is 0 Å². The van der Waals surface area contributed by atoms with Gasteiger partial charge >= 0.3 is 0 Å². The standard InChI is InChI=1S/C26H29N3O2S/c1-18-14-19(2)26(20(3)15-18)28-25(31)17-29(4)16-24(30)27-22-12-8-9-13-23(22)32-21-10-6-5-7-11-21/h5-15H,16-17H2,1-4H3,(H,27,30)(H,28,31). The van der Waals surface area contributed by atoms with E-state index in [2.05, 4.69) is 10.6 Å². The number of benzene rings is 3. The second kappa shape index (κ2) is 11.0. The molecule has 0 bridgehead atoms. The van der Waals surface area contributed by atoms with Gasteiger partial charge in [-0.1, -0.05) is 59.8 Å². The second-order valence-electron chi connectivity index (χ2n) is 7.95. The molecule has 2 amide bonds. The number of anilines is 2. The molecule has 0 saturated carbocycles. The van der Waals surface area contributed by atoms with Crippen LogP contribution in [0.3, 0.4) is 0 Å². The molecule has 3 aromatic carbocycles. The number of nitrogens with one attached hydrogen (secondary N) is 2. The van der Waals surface area contributed by atoms with Crippen LogP contribution in [0.15, 0.2) is 76.5 Å². The largest absolute Gasteiger partial charge is 0.324 e. The summed E-state index contributed by atoms with van der Waals surface area (Å²) in [5, 5.41) is 5.96. The van der Waals surface area contributed by atoms with Gasteiger partial charge in [-0.25, -0.2) is 0 Å². The van der Waals surface area contributed by atoms with Crippen molar-refractivity contribution in [3.05, 3.63) is 83.4 Å². The van der Waals surface area contributed by atoms with E-state index in [0.29, 0.717) is 0 Å². The van der Waals surface area contributed by atoms with Gasteiger partial charge in [-0.15, -0.1) is 0 Å². The van der Waals surface area contributed by atoms with Crippen molar-refractivity contribution in [3.8, 4) is 0 Å². The molecular formula is C26H29N3O2S. The SMILES string of the molecule is Cc1cc(C)c(NC(=O)CN(C)CC(=O)Nc2ccccc2Sc2ccccc2)c(C)c1. The first-order valence-corrected chi connectivity index (χ1v) is 11.3. The Hall–Kier alpha value is -3.09. The van der Waals surface area contributed by atoms with E-state index in [1.807, 2.05) is 87.5 Å². The molecule has 0 atom stereocenters. The number of para-hydroxylation sites is 1. The van der Waals surface area contributed by atoms with Gasteiger partial charge < -0.3 is 10.6 Å². The molecule has 0 aliphatic rings. The minimum absolute atomic E-state index is 0.115. The van der Waals surface area contributed by atoms with Crippen LogP contribution in [0.4, 0.5) is 11.4 Å². The van der Waals surface area contributed by atoms with Gasteiger partial charge in [0.05, 0.1) is 18.8 Å². The number of hydrogen-bond donors (Lipinski definition) is 2. The number of carbonyl (C=O) groups is 2. The number of aryl methyl sites for hydroxylation is 3. The van der Waals surface area contributed by atoms with Crippen molar-refractivity contribution in [2.45, 2.75) is 30.6 Å². The molecule has 0 aliphatic carbocycles. The third kappa shape index (κ3) is 6.70. The van der Waals surface area contributed by atoms with Gasteiger partial charge in [0.15, 0.2) is 0 Å². The molecule has 0 spiro atoms. The Morgan fingerprint density at radius 3 is 2.03 bits per heavy atom. The second-order valence-corrected chi connectivity index (χ2v) is 9.07. The van der Waals surface area contributed by atoms with Crippen LogP contribution < -0.4 is 10.6 Å². The number of nitrogens with zero attached hydrogens (tertiary/aromatic N) is 1. The molecule has 3 rings (SSSR count). The summed E-state index contributed by atoms with van der Waals surface area (Å²) in [5.74, 6) is -0.306. The Balaban J connectivity index is 1.56. The summed E-state index contributed by atoms with van der Waals surface area (Å²) in [5.41, 5.74) is 4.82. The maximum Gasteiger partial charge on any atom is 0.238 e. The fourth-order valence-corrected chi connectivity index (χ4v) is 4.49. The van der Waals surface area contributed by atoms with E-state index in [-0.39, 0.29) is 24.9 Å². The maximum absolute atomic E-state index is 12.6. The lowest BCUT2D eigenvalue weighted by atomic mass is 10.1. The lowest BCUT2D eigenvalue weighted by Crippen LogP contribution is -2.36. The van der Waals surface area contributed by atoms with Crippen molar-refractivity contribution >= 4 is 35.0 Å². The predicted octanol–water partition coefficient (Wildman–Crippen LogP) is 5.27. The van der Waals surface area contributed by atoms with Gasteiger partial charge in [0.25, 0.3) is 0 Å². The highest BCUT2D eigenvalue weighted by atomic mass is 32.2. The summed E-state index contributed by atoms with van der Waals surface area (Å²) in [6.45, 7) is 6.24. The molecule has 0 aromatic heterocycles. The summed E-state index contributed by atoms with van der Waals surface area (Å²) < 4.78 is 0. The van der Waals surface area contributed by atoms with Crippen LogP contribution in [0.1, 0.15) is 16.7 Å². The number of amides is 2. The van der Waals surface area contributed by atoms with Gasteiger partial charge in [0, 0.05) is 15.5 Å².